The molecule has 1 rings (SSSR count). The lowest BCUT2D eigenvalue weighted by Crippen LogP contribution is -2.57. The maximum absolute atomic E-state index is 9.47. The molecule has 0 aromatic rings. The minimum absolute atomic E-state index is 0.0773. The third kappa shape index (κ3) is 3.42. The Morgan fingerprint density at radius 3 is 2.56 bits per heavy atom. The Bertz CT molecular complexity index is 209. The molecule has 0 amide bonds. The van der Waals surface area contributed by atoms with Crippen molar-refractivity contribution in [1.29, 1.82) is 0 Å². The predicted octanol–water partition coefficient (Wildman–Crippen LogP) is 0.443. The van der Waals surface area contributed by atoms with Crippen LogP contribution in [0.5, 0.6) is 0 Å². The van der Waals surface area contributed by atoms with Crippen LogP contribution >= 0.6 is 0 Å². The zero-order valence-electron chi connectivity index (χ0n) is 10.8. The van der Waals surface area contributed by atoms with Crippen LogP contribution in [0, 0.1) is 5.92 Å². The molecule has 1 aliphatic carbocycles. The standard InChI is InChI=1S/C12H26N2O2/c1-4-14(10(2)7-16-3)8-12(13,9-15)11-5-6-11/h10-11,15H,4-9,13H2,1-3H3. The Labute approximate surface area is 98.8 Å². The SMILES string of the molecule is CCN(CC(N)(CO)C1CC1)C(C)COC. The second-order valence-electron chi connectivity index (χ2n) is 5.03. The largest absolute Gasteiger partial charge is 0.394 e. The second kappa shape index (κ2) is 5.96. The van der Waals surface area contributed by atoms with Crippen molar-refractivity contribution >= 4 is 0 Å². The maximum Gasteiger partial charge on any atom is 0.0626 e. The van der Waals surface area contributed by atoms with Crippen LogP contribution in [0.2, 0.25) is 0 Å². The molecule has 4 nitrogen and oxygen atoms in total. The van der Waals surface area contributed by atoms with Gasteiger partial charge >= 0.3 is 0 Å². The van der Waals surface area contributed by atoms with Gasteiger partial charge in [-0.15, -0.1) is 0 Å². The van der Waals surface area contributed by atoms with Crippen molar-refractivity contribution in [3.8, 4) is 0 Å². The zero-order chi connectivity index (χ0) is 12.2. The van der Waals surface area contributed by atoms with Gasteiger partial charge < -0.3 is 15.6 Å². The van der Waals surface area contributed by atoms with Crippen LogP contribution in [0.25, 0.3) is 0 Å². The molecule has 16 heavy (non-hydrogen) atoms. The van der Waals surface area contributed by atoms with Gasteiger partial charge in [-0.1, -0.05) is 6.92 Å². The summed E-state index contributed by atoms with van der Waals surface area (Å²) in [6, 6.07) is 0.350. The second-order valence-corrected chi connectivity index (χ2v) is 5.03. The molecule has 0 saturated heterocycles. The van der Waals surface area contributed by atoms with Crippen molar-refractivity contribution in [1.82, 2.24) is 4.90 Å². The first kappa shape index (κ1) is 13.9. The number of methoxy groups -OCH3 is 1. The van der Waals surface area contributed by atoms with Crippen LogP contribution in [0.3, 0.4) is 0 Å². The molecule has 0 spiro atoms. The van der Waals surface area contributed by atoms with E-state index in [1.807, 2.05) is 0 Å². The van der Waals surface area contributed by atoms with E-state index in [-0.39, 0.29) is 6.61 Å². The Hall–Kier alpha value is -0.160. The fourth-order valence-electron chi connectivity index (χ4n) is 2.27. The Kier molecular flexibility index (Phi) is 5.18. The number of nitrogens with zero attached hydrogens (tertiary/aromatic N) is 1. The topological polar surface area (TPSA) is 58.7 Å². The number of aliphatic hydroxyl groups excluding tert-OH is 1. The first-order valence-corrected chi connectivity index (χ1v) is 6.20. The number of rotatable bonds is 8. The van der Waals surface area contributed by atoms with Crippen LogP contribution in [0.1, 0.15) is 26.7 Å². The molecule has 0 bridgehead atoms. The van der Waals surface area contributed by atoms with Gasteiger partial charge in [-0.25, -0.2) is 0 Å². The molecule has 96 valence electrons. The van der Waals surface area contributed by atoms with Crippen molar-refractivity contribution in [3.05, 3.63) is 0 Å². The summed E-state index contributed by atoms with van der Waals surface area (Å²) in [6.07, 6.45) is 2.32. The highest BCUT2D eigenvalue weighted by Crippen LogP contribution is 2.38. The lowest BCUT2D eigenvalue weighted by Gasteiger charge is -2.36. The number of nitrogens with two attached hydrogens (primary N) is 1. The van der Waals surface area contributed by atoms with E-state index in [4.69, 9.17) is 10.5 Å². The number of ether oxygens (including phenoxy) is 1. The molecule has 2 unspecified atom stereocenters. The third-order valence-corrected chi connectivity index (χ3v) is 3.62. The lowest BCUT2D eigenvalue weighted by atomic mass is 9.94. The van der Waals surface area contributed by atoms with Gasteiger partial charge in [0.1, 0.15) is 0 Å². The van der Waals surface area contributed by atoms with Gasteiger partial charge in [-0.3, -0.25) is 4.90 Å². The third-order valence-electron chi connectivity index (χ3n) is 3.62. The summed E-state index contributed by atoms with van der Waals surface area (Å²) >= 11 is 0. The van der Waals surface area contributed by atoms with Crippen LogP contribution in [-0.4, -0.2) is 55.0 Å². The van der Waals surface area contributed by atoms with Crippen LogP contribution in [0.4, 0.5) is 0 Å². The molecule has 4 heteroatoms. The summed E-state index contributed by atoms with van der Waals surface area (Å²) in [6.45, 7) is 6.74. The van der Waals surface area contributed by atoms with E-state index in [1.165, 1.54) is 0 Å². The molecule has 2 atom stereocenters. The monoisotopic (exact) mass is 230 g/mol. The minimum atomic E-state index is -0.419. The fourth-order valence-corrected chi connectivity index (χ4v) is 2.27. The number of aliphatic hydroxyl groups is 1. The summed E-state index contributed by atoms with van der Waals surface area (Å²) < 4.78 is 5.17. The average Bonchev–Trinajstić information content (AvgIpc) is 3.09. The smallest absolute Gasteiger partial charge is 0.0626 e. The molecular weight excluding hydrogens is 204 g/mol. The van der Waals surface area contributed by atoms with E-state index >= 15 is 0 Å². The van der Waals surface area contributed by atoms with Crippen LogP contribution in [-0.2, 0) is 4.74 Å². The van der Waals surface area contributed by atoms with Crippen molar-refractivity contribution in [3.63, 3.8) is 0 Å². The Morgan fingerprint density at radius 2 is 2.19 bits per heavy atom. The molecule has 0 aromatic carbocycles. The average molecular weight is 230 g/mol. The molecule has 1 fully saturated rings. The molecule has 0 aromatic heterocycles. The van der Waals surface area contributed by atoms with Gasteiger partial charge in [-0.2, -0.15) is 0 Å². The molecule has 0 aliphatic heterocycles. The predicted molar refractivity (Wildman–Crippen MR) is 65.3 cm³/mol. The van der Waals surface area contributed by atoms with Crippen molar-refractivity contribution < 1.29 is 9.84 Å². The lowest BCUT2D eigenvalue weighted by molar-refractivity contribution is 0.0635. The van der Waals surface area contributed by atoms with Gasteiger partial charge in [0.2, 0.25) is 0 Å². The van der Waals surface area contributed by atoms with Crippen molar-refractivity contribution in [2.45, 2.75) is 38.3 Å². The molecule has 0 heterocycles. The highest BCUT2D eigenvalue weighted by Gasteiger charge is 2.43. The van der Waals surface area contributed by atoms with E-state index in [0.29, 0.717) is 18.6 Å². The van der Waals surface area contributed by atoms with Gasteiger partial charge in [0.05, 0.1) is 18.8 Å². The van der Waals surface area contributed by atoms with Crippen molar-refractivity contribution in [2.24, 2.45) is 11.7 Å². The summed E-state index contributed by atoms with van der Waals surface area (Å²) in [5, 5.41) is 9.47. The number of likely N-dealkylation sites (N-methyl/N-ethyl adjacent to an activating group) is 1. The first-order chi connectivity index (χ1) is 7.57. The molecule has 1 saturated carbocycles. The maximum atomic E-state index is 9.47. The Balaban J connectivity index is 2.53. The van der Waals surface area contributed by atoms with Crippen LogP contribution < -0.4 is 5.73 Å². The minimum Gasteiger partial charge on any atom is -0.394 e. The molecule has 3 N–H and O–H groups in total. The van der Waals surface area contributed by atoms with Gasteiger partial charge in [0.15, 0.2) is 0 Å². The first-order valence-electron chi connectivity index (χ1n) is 6.20. The molecular formula is C12H26N2O2. The highest BCUT2D eigenvalue weighted by molar-refractivity contribution is 5.00. The van der Waals surface area contributed by atoms with E-state index in [9.17, 15) is 5.11 Å². The fraction of sp³-hybridized carbons (Fsp3) is 1.00. The summed E-state index contributed by atoms with van der Waals surface area (Å²) in [7, 11) is 1.72. The highest BCUT2D eigenvalue weighted by atomic mass is 16.5. The van der Waals surface area contributed by atoms with E-state index < -0.39 is 5.54 Å². The molecule has 0 radical (unpaired) electrons. The summed E-state index contributed by atoms with van der Waals surface area (Å²) in [5.74, 6) is 0.501. The zero-order valence-corrected chi connectivity index (χ0v) is 10.8. The number of hydrogen-bond donors (Lipinski definition) is 2. The summed E-state index contributed by atoms with van der Waals surface area (Å²) in [4.78, 5) is 2.29. The Morgan fingerprint density at radius 1 is 1.56 bits per heavy atom. The van der Waals surface area contributed by atoms with E-state index in [2.05, 4.69) is 18.7 Å². The van der Waals surface area contributed by atoms with E-state index in [0.717, 1.165) is 25.9 Å². The quantitative estimate of drug-likeness (QED) is 0.635. The van der Waals surface area contributed by atoms with Crippen molar-refractivity contribution in [2.75, 3.05) is 33.4 Å². The summed E-state index contributed by atoms with van der Waals surface area (Å²) in [5.41, 5.74) is 5.86. The van der Waals surface area contributed by atoms with Crippen LogP contribution in [0.15, 0.2) is 0 Å². The van der Waals surface area contributed by atoms with E-state index in [1.54, 1.807) is 7.11 Å². The normalized spacial score (nSPS) is 22.1. The number of hydrogen-bond acceptors (Lipinski definition) is 4. The van der Waals surface area contributed by atoms with Gasteiger partial charge in [0.25, 0.3) is 0 Å². The van der Waals surface area contributed by atoms with Gasteiger partial charge in [0, 0.05) is 19.7 Å². The van der Waals surface area contributed by atoms with Gasteiger partial charge in [-0.05, 0) is 32.2 Å². The molecule has 1 aliphatic rings.